The summed E-state index contributed by atoms with van der Waals surface area (Å²) in [4.78, 5) is 11.9. The maximum Gasteiger partial charge on any atom is 0.319 e. The number of ether oxygens (including phenoxy) is 2. The van der Waals surface area contributed by atoms with Crippen LogP contribution in [0, 0.1) is 13.8 Å². The molecule has 5 heteroatoms. The molecule has 2 N–H and O–H groups in total. The van der Waals surface area contributed by atoms with Crippen molar-refractivity contribution in [2.75, 3.05) is 25.6 Å². The normalized spacial score (nSPS) is 10.0. The molecule has 0 radical (unpaired) electrons. The number of hydrogen-bond donors (Lipinski definition) is 2. The topological polar surface area (TPSA) is 59.6 Å². The Labute approximate surface area is 136 Å². The molecule has 0 saturated carbocycles. The van der Waals surface area contributed by atoms with Gasteiger partial charge in [-0.2, -0.15) is 0 Å². The third-order valence-corrected chi connectivity index (χ3v) is 3.33. The van der Waals surface area contributed by atoms with Crippen molar-refractivity contribution in [3.05, 3.63) is 53.6 Å². The van der Waals surface area contributed by atoms with Crippen LogP contribution < -0.4 is 20.1 Å². The van der Waals surface area contributed by atoms with Crippen LogP contribution in [0.2, 0.25) is 0 Å². The van der Waals surface area contributed by atoms with Crippen molar-refractivity contribution in [1.82, 2.24) is 5.32 Å². The van der Waals surface area contributed by atoms with Crippen LogP contribution in [0.1, 0.15) is 11.1 Å². The summed E-state index contributed by atoms with van der Waals surface area (Å²) in [5.41, 5.74) is 3.01. The molecule has 0 spiro atoms. The lowest BCUT2D eigenvalue weighted by Crippen LogP contribution is -2.32. The van der Waals surface area contributed by atoms with E-state index in [1.165, 1.54) is 5.56 Å². The molecule has 2 aromatic carbocycles. The van der Waals surface area contributed by atoms with Crippen molar-refractivity contribution in [1.29, 1.82) is 0 Å². The summed E-state index contributed by atoms with van der Waals surface area (Å²) in [5.74, 6) is 1.45. The van der Waals surface area contributed by atoms with Crippen molar-refractivity contribution in [3.63, 3.8) is 0 Å². The molecule has 0 aromatic heterocycles. The average molecular weight is 314 g/mol. The first kappa shape index (κ1) is 16.7. The maximum atomic E-state index is 11.9. The van der Waals surface area contributed by atoms with Crippen molar-refractivity contribution < 1.29 is 14.3 Å². The minimum atomic E-state index is -0.244. The Balaban J connectivity index is 1.74. The van der Waals surface area contributed by atoms with Crippen LogP contribution in [0.15, 0.2) is 42.5 Å². The predicted octanol–water partition coefficient (Wildman–Crippen LogP) is 3.51. The number of aryl methyl sites for hydroxylation is 2. The van der Waals surface area contributed by atoms with Crippen LogP contribution in [0.4, 0.5) is 10.5 Å². The van der Waals surface area contributed by atoms with Gasteiger partial charge >= 0.3 is 6.03 Å². The van der Waals surface area contributed by atoms with Gasteiger partial charge in [0.15, 0.2) is 0 Å². The van der Waals surface area contributed by atoms with E-state index < -0.39 is 0 Å². The number of amides is 2. The fourth-order valence-corrected chi connectivity index (χ4v) is 2.14. The minimum Gasteiger partial charge on any atom is -0.497 e. The minimum absolute atomic E-state index is 0.244. The molecule has 0 unspecified atom stereocenters. The first-order valence-corrected chi connectivity index (χ1v) is 7.47. The lowest BCUT2D eigenvalue weighted by Gasteiger charge is -2.11. The molecular weight excluding hydrogens is 292 g/mol. The lowest BCUT2D eigenvalue weighted by molar-refractivity contribution is 0.247. The van der Waals surface area contributed by atoms with Crippen molar-refractivity contribution in [2.24, 2.45) is 0 Å². The number of anilines is 1. The molecule has 2 rings (SSSR count). The summed E-state index contributed by atoms with van der Waals surface area (Å²) in [6.07, 6.45) is 0. The monoisotopic (exact) mass is 314 g/mol. The van der Waals surface area contributed by atoms with Gasteiger partial charge in [-0.3, -0.25) is 0 Å². The summed E-state index contributed by atoms with van der Waals surface area (Å²) in [6.45, 7) is 4.78. The molecule has 0 aliphatic heterocycles. The Kier molecular flexibility index (Phi) is 5.86. The Morgan fingerprint density at radius 1 is 1.09 bits per heavy atom. The first-order chi connectivity index (χ1) is 11.1. The zero-order valence-electron chi connectivity index (χ0n) is 13.7. The van der Waals surface area contributed by atoms with Gasteiger partial charge in [0.25, 0.3) is 0 Å². The van der Waals surface area contributed by atoms with E-state index in [9.17, 15) is 4.79 Å². The van der Waals surface area contributed by atoms with Crippen LogP contribution in [-0.2, 0) is 0 Å². The van der Waals surface area contributed by atoms with E-state index in [4.69, 9.17) is 9.47 Å². The molecule has 2 aromatic rings. The predicted molar refractivity (Wildman–Crippen MR) is 91.4 cm³/mol. The second kappa shape index (κ2) is 8.08. The molecule has 0 heterocycles. The molecule has 2 amide bonds. The van der Waals surface area contributed by atoms with Gasteiger partial charge in [0.05, 0.1) is 13.7 Å². The Morgan fingerprint density at radius 2 is 1.87 bits per heavy atom. The quantitative estimate of drug-likeness (QED) is 0.802. The van der Waals surface area contributed by atoms with Gasteiger partial charge < -0.3 is 20.1 Å². The van der Waals surface area contributed by atoms with Gasteiger partial charge in [0.1, 0.15) is 18.1 Å². The zero-order valence-corrected chi connectivity index (χ0v) is 13.7. The highest BCUT2D eigenvalue weighted by molar-refractivity contribution is 5.90. The number of carbonyl (C=O) groups excluding carboxylic acids is 1. The van der Waals surface area contributed by atoms with E-state index in [2.05, 4.69) is 10.6 Å². The lowest BCUT2D eigenvalue weighted by atomic mass is 10.1. The summed E-state index contributed by atoms with van der Waals surface area (Å²) in [7, 11) is 1.61. The molecule has 0 aliphatic rings. The van der Waals surface area contributed by atoms with E-state index in [0.29, 0.717) is 18.9 Å². The molecule has 0 aliphatic carbocycles. The number of methoxy groups -OCH3 is 1. The molecule has 0 atom stereocenters. The second-order valence-corrected chi connectivity index (χ2v) is 5.23. The SMILES string of the molecule is COc1cccc(OCCNC(=O)Nc2ccc(C)cc2C)c1. The second-order valence-electron chi connectivity index (χ2n) is 5.23. The van der Waals surface area contributed by atoms with Crippen LogP contribution >= 0.6 is 0 Å². The largest absolute Gasteiger partial charge is 0.497 e. The van der Waals surface area contributed by atoms with E-state index in [1.54, 1.807) is 13.2 Å². The summed E-state index contributed by atoms with van der Waals surface area (Å²) >= 11 is 0. The van der Waals surface area contributed by atoms with Gasteiger partial charge in [0.2, 0.25) is 0 Å². The van der Waals surface area contributed by atoms with E-state index in [-0.39, 0.29) is 6.03 Å². The van der Waals surface area contributed by atoms with E-state index in [1.807, 2.05) is 50.2 Å². The first-order valence-electron chi connectivity index (χ1n) is 7.47. The molecular formula is C18H22N2O3. The van der Waals surface area contributed by atoms with Gasteiger partial charge in [0, 0.05) is 11.8 Å². The molecule has 23 heavy (non-hydrogen) atoms. The number of rotatable bonds is 6. The van der Waals surface area contributed by atoms with Gasteiger partial charge in [-0.25, -0.2) is 4.79 Å². The molecule has 0 bridgehead atoms. The van der Waals surface area contributed by atoms with Gasteiger partial charge in [-0.1, -0.05) is 23.8 Å². The molecule has 0 saturated heterocycles. The van der Waals surface area contributed by atoms with Crippen LogP contribution in [0.3, 0.4) is 0 Å². The Bertz CT molecular complexity index is 671. The number of urea groups is 1. The van der Waals surface area contributed by atoms with Gasteiger partial charge in [-0.05, 0) is 37.6 Å². The number of carbonyl (C=O) groups is 1. The highest BCUT2D eigenvalue weighted by Crippen LogP contribution is 2.18. The molecule has 0 fully saturated rings. The number of hydrogen-bond acceptors (Lipinski definition) is 3. The number of benzene rings is 2. The third-order valence-electron chi connectivity index (χ3n) is 3.33. The molecule has 5 nitrogen and oxygen atoms in total. The molecule has 122 valence electrons. The number of nitrogens with one attached hydrogen (secondary N) is 2. The maximum absolute atomic E-state index is 11.9. The highest BCUT2D eigenvalue weighted by atomic mass is 16.5. The summed E-state index contributed by atoms with van der Waals surface area (Å²) in [6, 6.07) is 13.0. The highest BCUT2D eigenvalue weighted by Gasteiger charge is 2.04. The van der Waals surface area contributed by atoms with E-state index >= 15 is 0 Å². The van der Waals surface area contributed by atoms with Crippen molar-refractivity contribution in [3.8, 4) is 11.5 Å². The fourth-order valence-electron chi connectivity index (χ4n) is 2.14. The van der Waals surface area contributed by atoms with Crippen LogP contribution in [0.5, 0.6) is 11.5 Å². The standard InChI is InChI=1S/C18H22N2O3/c1-13-7-8-17(14(2)11-13)20-18(21)19-9-10-23-16-6-4-5-15(12-16)22-3/h4-8,11-12H,9-10H2,1-3H3,(H2,19,20,21). The smallest absolute Gasteiger partial charge is 0.319 e. The summed E-state index contributed by atoms with van der Waals surface area (Å²) in [5, 5.41) is 5.59. The van der Waals surface area contributed by atoms with Crippen LogP contribution in [-0.4, -0.2) is 26.3 Å². The van der Waals surface area contributed by atoms with Gasteiger partial charge in [-0.15, -0.1) is 0 Å². The zero-order chi connectivity index (χ0) is 16.7. The Hall–Kier alpha value is -2.69. The summed E-state index contributed by atoms with van der Waals surface area (Å²) < 4.78 is 10.7. The Morgan fingerprint density at radius 3 is 2.61 bits per heavy atom. The fraction of sp³-hybridized carbons (Fsp3) is 0.278. The van der Waals surface area contributed by atoms with E-state index in [0.717, 1.165) is 17.0 Å². The van der Waals surface area contributed by atoms with Crippen molar-refractivity contribution in [2.45, 2.75) is 13.8 Å². The third kappa shape index (κ3) is 5.21. The van der Waals surface area contributed by atoms with Crippen molar-refractivity contribution >= 4 is 11.7 Å². The van der Waals surface area contributed by atoms with Crippen LogP contribution in [0.25, 0.3) is 0 Å². The average Bonchev–Trinajstić information content (AvgIpc) is 2.54.